The van der Waals surface area contributed by atoms with Crippen molar-refractivity contribution in [3.8, 4) is 5.75 Å². The van der Waals surface area contributed by atoms with E-state index in [2.05, 4.69) is 32.1 Å². The van der Waals surface area contributed by atoms with Gasteiger partial charge < -0.3 is 25.0 Å². The van der Waals surface area contributed by atoms with Gasteiger partial charge in [0.25, 0.3) is 0 Å². The number of anilines is 5. The molecule has 3 heterocycles. The van der Waals surface area contributed by atoms with E-state index in [4.69, 9.17) is 14.3 Å². The van der Waals surface area contributed by atoms with E-state index < -0.39 is 29.5 Å². The summed E-state index contributed by atoms with van der Waals surface area (Å²) in [5.41, 5.74) is 0.196. The van der Waals surface area contributed by atoms with Gasteiger partial charge in [-0.25, -0.2) is 19.4 Å². The van der Waals surface area contributed by atoms with Crippen LogP contribution in [0.1, 0.15) is 23.6 Å². The average molecular weight is 589 g/mol. The lowest BCUT2D eigenvalue weighted by atomic mass is 10.0. The summed E-state index contributed by atoms with van der Waals surface area (Å²) in [7, 11) is 1.50. The van der Waals surface area contributed by atoms with Crippen molar-refractivity contribution < 1.29 is 36.7 Å². The maximum Gasteiger partial charge on any atom is 0.419 e. The Hall–Kier alpha value is -4.43. The van der Waals surface area contributed by atoms with Crippen molar-refractivity contribution in [2.45, 2.75) is 18.6 Å². The fourth-order valence-corrected chi connectivity index (χ4v) is 4.86. The van der Waals surface area contributed by atoms with Gasteiger partial charge in [-0.15, -0.1) is 0 Å². The Morgan fingerprint density at radius 2 is 1.93 bits per heavy atom. The fourth-order valence-electron chi connectivity index (χ4n) is 4.86. The lowest BCUT2D eigenvalue weighted by Gasteiger charge is -2.31. The number of nitrogens with one attached hydrogen (secondary N) is 2. The summed E-state index contributed by atoms with van der Waals surface area (Å²) < 4.78 is 66.1. The highest BCUT2D eigenvalue weighted by Crippen LogP contribution is 2.41. The van der Waals surface area contributed by atoms with E-state index in [9.17, 15) is 22.4 Å². The molecule has 2 aliphatic heterocycles. The molecule has 2 saturated heterocycles. The second-order valence-corrected chi connectivity index (χ2v) is 9.42. The molecule has 0 saturated carbocycles. The van der Waals surface area contributed by atoms with Gasteiger partial charge in [0.05, 0.1) is 55.6 Å². The first-order valence-corrected chi connectivity index (χ1v) is 13.0. The second kappa shape index (κ2) is 12.2. The first kappa shape index (κ1) is 29.1. The van der Waals surface area contributed by atoms with Crippen molar-refractivity contribution >= 4 is 34.6 Å². The molecule has 2 N–H and O–H groups in total. The lowest BCUT2D eigenvalue weighted by molar-refractivity contribution is -0.140. The van der Waals surface area contributed by atoms with Gasteiger partial charge in [-0.05, 0) is 18.2 Å². The highest BCUT2D eigenvalue weighted by molar-refractivity contribution is 6.02. The summed E-state index contributed by atoms with van der Waals surface area (Å²) in [6.45, 7) is 5.97. The van der Waals surface area contributed by atoms with Crippen molar-refractivity contribution in [1.82, 2.24) is 9.97 Å². The minimum atomic E-state index is -4.84. The second-order valence-electron chi connectivity index (χ2n) is 9.42. The van der Waals surface area contributed by atoms with E-state index in [0.29, 0.717) is 49.5 Å². The Morgan fingerprint density at radius 1 is 1.14 bits per heavy atom. The quantitative estimate of drug-likeness (QED) is 0.271. The SMILES string of the molecule is C=CC(=O)Nc1cc(Nc2cc(N3OCC[C@@H]3c3cccc(C(F)(F)F)c3F)ncn2)c(OC)cc1N1CCOCC1. The first-order valence-electron chi connectivity index (χ1n) is 13.0. The largest absolute Gasteiger partial charge is 0.494 e. The summed E-state index contributed by atoms with van der Waals surface area (Å²) in [6, 6.07) is 7.32. The van der Waals surface area contributed by atoms with Gasteiger partial charge >= 0.3 is 6.18 Å². The van der Waals surface area contributed by atoms with Gasteiger partial charge in [-0.3, -0.25) is 9.63 Å². The third-order valence-electron chi connectivity index (χ3n) is 6.85. The predicted octanol–water partition coefficient (Wildman–Crippen LogP) is 5.23. The van der Waals surface area contributed by atoms with Crippen LogP contribution in [0.4, 0.5) is 46.3 Å². The number of hydrogen-bond donors (Lipinski definition) is 2. The summed E-state index contributed by atoms with van der Waals surface area (Å²) in [6.07, 6.45) is -2.18. The van der Waals surface area contributed by atoms with Gasteiger partial charge in [0, 0.05) is 37.2 Å². The molecule has 10 nitrogen and oxygen atoms in total. The number of aromatic nitrogens is 2. The Morgan fingerprint density at radius 3 is 2.64 bits per heavy atom. The molecule has 3 aromatic rings. The van der Waals surface area contributed by atoms with E-state index in [-0.39, 0.29) is 30.2 Å². The van der Waals surface area contributed by atoms with Crippen LogP contribution in [0.2, 0.25) is 0 Å². The molecule has 2 aromatic carbocycles. The van der Waals surface area contributed by atoms with Crippen LogP contribution in [0.5, 0.6) is 5.75 Å². The maximum atomic E-state index is 15.0. The van der Waals surface area contributed by atoms with Crippen LogP contribution in [-0.4, -0.2) is 55.9 Å². The van der Waals surface area contributed by atoms with Crippen LogP contribution in [0.3, 0.4) is 0 Å². The molecule has 1 amide bonds. The number of nitrogens with zero attached hydrogens (tertiary/aromatic N) is 4. The van der Waals surface area contributed by atoms with Crippen LogP contribution >= 0.6 is 0 Å². The van der Waals surface area contributed by atoms with Gasteiger partial charge in [0.15, 0.2) is 5.82 Å². The van der Waals surface area contributed by atoms with Crippen molar-refractivity contribution in [1.29, 1.82) is 0 Å². The molecule has 2 fully saturated rings. The molecule has 0 spiro atoms. The minimum Gasteiger partial charge on any atom is -0.494 e. The molecule has 1 atom stereocenters. The highest BCUT2D eigenvalue weighted by Gasteiger charge is 2.38. The number of alkyl halides is 3. The molecule has 5 rings (SSSR count). The summed E-state index contributed by atoms with van der Waals surface area (Å²) >= 11 is 0. The number of benzene rings is 2. The average Bonchev–Trinajstić information content (AvgIpc) is 3.47. The smallest absolute Gasteiger partial charge is 0.419 e. The van der Waals surface area contributed by atoms with Crippen molar-refractivity contribution in [2.24, 2.45) is 0 Å². The molecule has 2 aliphatic rings. The van der Waals surface area contributed by atoms with Gasteiger partial charge in [-0.1, -0.05) is 18.7 Å². The number of methoxy groups -OCH3 is 1. The maximum absolute atomic E-state index is 15.0. The Labute approximate surface area is 238 Å². The zero-order chi connectivity index (χ0) is 29.9. The number of rotatable bonds is 8. The number of ether oxygens (including phenoxy) is 2. The molecule has 14 heteroatoms. The van der Waals surface area contributed by atoms with Gasteiger partial charge in [0.2, 0.25) is 5.91 Å². The van der Waals surface area contributed by atoms with E-state index in [1.165, 1.54) is 36.7 Å². The van der Waals surface area contributed by atoms with Crippen molar-refractivity contribution in [3.63, 3.8) is 0 Å². The molecular formula is C28H28F4N6O4. The van der Waals surface area contributed by atoms with E-state index >= 15 is 0 Å². The van der Waals surface area contributed by atoms with Crippen LogP contribution in [0.25, 0.3) is 0 Å². The number of carbonyl (C=O) groups excluding carboxylic acids is 1. The first-order chi connectivity index (χ1) is 20.2. The van der Waals surface area contributed by atoms with Gasteiger partial charge in [0.1, 0.15) is 23.7 Å². The Balaban J connectivity index is 1.45. The molecule has 0 unspecified atom stereocenters. The molecule has 222 valence electrons. The predicted molar refractivity (Wildman–Crippen MR) is 147 cm³/mol. The third-order valence-corrected chi connectivity index (χ3v) is 6.85. The molecule has 1 aromatic heterocycles. The van der Waals surface area contributed by atoms with Crippen molar-refractivity contribution in [2.75, 3.05) is 60.6 Å². The monoisotopic (exact) mass is 588 g/mol. The minimum absolute atomic E-state index is 0.149. The third kappa shape index (κ3) is 6.09. The lowest BCUT2D eigenvalue weighted by Crippen LogP contribution is -2.36. The van der Waals surface area contributed by atoms with E-state index in [0.717, 1.165) is 11.8 Å². The number of halogens is 4. The zero-order valence-electron chi connectivity index (χ0n) is 22.6. The number of amides is 1. The van der Waals surface area contributed by atoms with Crippen LogP contribution in [0.15, 0.2) is 55.4 Å². The van der Waals surface area contributed by atoms with Crippen molar-refractivity contribution in [3.05, 3.63) is 72.3 Å². The van der Waals surface area contributed by atoms with Gasteiger partial charge in [-0.2, -0.15) is 13.2 Å². The van der Waals surface area contributed by atoms with Crippen LogP contribution in [-0.2, 0) is 20.5 Å². The van der Waals surface area contributed by atoms with E-state index in [1.54, 1.807) is 12.1 Å². The van der Waals surface area contributed by atoms with E-state index in [1.807, 2.05) is 0 Å². The summed E-state index contributed by atoms with van der Waals surface area (Å²) in [5, 5.41) is 7.24. The highest BCUT2D eigenvalue weighted by atomic mass is 19.4. The fraction of sp³-hybridized carbons (Fsp3) is 0.321. The number of morpholine rings is 1. The molecule has 0 aliphatic carbocycles. The summed E-state index contributed by atoms with van der Waals surface area (Å²) in [5.74, 6) is -0.802. The zero-order valence-corrected chi connectivity index (χ0v) is 22.6. The van der Waals surface area contributed by atoms with Crippen LogP contribution in [0, 0.1) is 5.82 Å². The molecular weight excluding hydrogens is 560 g/mol. The summed E-state index contributed by atoms with van der Waals surface area (Å²) in [4.78, 5) is 28.4. The number of carbonyl (C=O) groups is 1. The van der Waals surface area contributed by atoms with Crippen LogP contribution < -0.4 is 25.3 Å². The standard InChI is InChI=1S/C28H28F4N6O4/c1-3-26(39)36-19-13-20(23(40-2)14-22(19)37-8-11-41-12-9-37)35-24-15-25(34-16-33-24)38-21(7-10-42-38)17-5-4-6-18(27(17)29)28(30,31)32/h3-6,13-16,21H,1,7-12H2,2H3,(H,36,39)(H,33,34,35)/t21-/m1/s1. The number of hydrogen-bond acceptors (Lipinski definition) is 9. The molecule has 0 radical (unpaired) electrons. The topological polar surface area (TPSA) is 101 Å². The Kier molecular flexibility index (Phi) is 8.45. The number of hydroxylamine groups is 1. The molecule has 42 heavy (non-hydrogen) atoms. The Bertz CT molecular complexity index is 1460. The normalized spacial score (nSPS) is 17.2. The molecule has 0 bridgehead atoms.